The molecule has 0 radical (unpaired) electrons. The number of carbonyl (C=O) groups excluding carboxylic acids is 3. The summed E-state index contributed by atoms with van der Waals surface area (Å²) in [4.78, 5) is 43.7. The average molecular weight is 666 g/mol. The summed E-state index contributed by atoms with van der Waals surface area (Å²) < 4.78 is 46.3. The second-order valence-corrected chi connectivity index (χ2v) is 12.1. The van der Waals surface area contributed by atoms with Crippen LogP contribution in [0.5, 0.6) is 0 Å². The Morgan fingerprint density at radius 3 is 2.11 bits per heavy atom. The molecule has 0 spiro atoms. The molecule has 2 heterocycles. The highest BCUT2D eigenvalue weighted by molar-refractivity contribution is 5.99. The largest absolute Gasteiger partial charge is 0.394 e. The first-order valence-corrected chi connectivity index (χ1v) is 16.6. The lowest BCUT2D eigenvalue weighted by Crippen LogP contribution is -2.59. The van der Waals surface area contributed by atoms with Crippen molar-refractivity contribution in [3.63, 3.8) is 0 Å². The molecule has 2 fully saturated rings. The number of piperazine rings is 1. The van der Waals surface area contributed by atoms with Crippen LogP contribution in [-0.2, 0) is 30.3 Å². The van der Waals surface area contributed by atoms with Crippen LogP contribution in [0.1, 0.15) is 49.5 Å². The molecule has 1 aromatic carbocycles. The Morgan fingerprint density at radius 1 is 0.872 bits per heavy atom. The van der Waals surface area contributed by atoms with E-state index < -0.39 is 23.7 Å². The first-order chi connectivity index (χ1) is 22.7. The zero-order valence-corrected chi connectivity index (χ0v) is 27.5. The quantitative estimate of drug-likeness (QED) is 0.218. The van der Waals surface area contributed by atoms with Crippen LogP contribution in [0.25, 0.3) is 10.9 Å². The number of halogens is 2. The Bertz CT molecular complexity index is 1330. The predicted molar refractivity (Wildman–Crippen MR) is 171 cm³/mol. The highest BCUT2D eigenvalue weighted by Gasteiger charge is 2.36. The number of nitrogens with one attached hydrogen (secondary N) is 2. The zero-order chi connectivity index (χ0) is 33.8. The lowest BCUT2D eigenvalue weighted by atomic mass is 9.83. The summed E-state index contributed by atoms with van der Waals surface area (Å²) in [5.41, 5.74) is 0.655. The van der Waals surface area contributed by atoms with Gasteiger partial charge in [0.05, 0.1) is 57.8 Å². The Kier molecular flexibility index (Phi) is 14.3. The van der Waals surface area contributed by atoms with Crippen LogP contribution in [0.4, 0.5) is 8.78 Å². The standard InChI is InChI=1S/C33H49F2N5O7/c1-23(36-2)31(42)37-30(24-6-4-3-5-7-24)33(44)39-10-8-38(9-11-39)32(43)29-21-25-20-26(34)27(35)22-28(25)40(29)12-14-45-16-18-47-19-17-46-15-13-41/h20-24,30,36,41H,3-19H2,1-2H3,(H,37,42). The van der Waals surface area contributed by atoms with Gasteiger partial charge in [0.1, 0.15) is 11.7 Å². The third-order valence-electron chi connectivity index (χ3n) is 8.99. The Morgan fingerprint density at radius 2 is 1.47 bits per heavy atom. The minimum Gasteiger partial charge on any atom is -0.394 e. The smallest absolute Gasteiger partial charge is 0.270 e. The molecule has 12 nitrogen and oxygen atoms in total. The molecule has 1 aliphatic carbocycles. The number of rotatable bonds is 17. The van der Waals surface area contributed by atoms with Gasteiger partial charge in [0.15, 0.2) is 11.6 Å². The maximum Gasteiger partial charge on any atom is 0.270 e. The number of carbonyl (C=O) groups is 3. The monoisotopic (exact) mass is 665 g/mol. The highest BCUT2D eigenvalue weighted by Crippen LogP contribution is 2.28. The second-order valence-electron chi connectivity index (χ2n) is 12.1. The molecule has 1 aliphatic heterocycles. The van der Waals surface area contributed by atoms with Crippen LogP contribution in [0, 0.1) is 17.6 Å². The number of ether oxygens (including phenoxy) is 3. The molecule has 2 unspecified atom stereocenters. The SMILES string of the molecule is CNC(C)C(=O)NC(C(=O)N1CCN(C(=O)c2cc3cc(F)c(F)cc3n2CCOCCOCCOCCO)CC1)C1CCCCC1. The van der Waals surface area contributed by atoms with E-state index in [4.69, 9.17) is 19.3 Å². The molecule has 0 bridgehead atoms. The number of aliphatic hydroxyl groups is 1. The van der Waals surface area contributed by atoms with E-state index >= 15 is 0 Å². The van der Waals surface area contributed by atoms with Crippen molar-refractivity contribution in [2.75, 3.05) is 79.5 Å². The molecule has 3 N–H and O–H groups in total. The number of aromatic nitrogens is 1. The average Bonchev–Trinajstić information content (AvgIpc) is 3.43. The first kappa shape index (κ1) is 36.7. The van der Waals surface area contributed by atoms with Crippen molar-refractivity contribution < 1.29 is 42.5 Å². The van der Waals surface area contributed by atoms with Gasteiger partial charge in [-0.05, 0) is 44.9 Å². The normalized spacial score (nSPS) is 17.2. The fourth-order valence-corrected chi connectivity index (χ4v) is 6.18. The van der Waals surface area contributed by atoms with Gasteiger partial charge in [-0.3, -0.25) is 14.4 Å². The molecule has 1 saturated heterocycles. The first-order valence-electron chi connectivity index (χ1n) is 16.6. The second kappa shape index (κ2) is 18.4. The predicted octanol–water partition coefficient (Wildman–Crippen LogP) is 1.92. The highest BCUT2D eigenvalue weighted by atomic mass is 19.2. The van der Waals surface area contributed by atoms with Gasteiger partial charge in [-0.1, -0.05) is 19.3 Å². The van der Waals surface area contributed by atoms with Crippen molar-refractivity contribution in [3.8, 4) is 0 Å². The van der Waals surface area contributed by atoms with E-state index in [0.29, 0.717) is 43.8 Å². The lowest BCUT2D eigenvalue weighted by Gasteiger charge is -2.39. The van der Waals surface area contributed by atoms with Crippen molar-refractivity contribution in [2.24, 2.45) is 5.92 Å². The molecule has 47 heavy (non-hydrogen) atoms. The van der Waals surface area contributed by atoms with Gasteiger partial charge in [-0.25, -0.2) is 8.78 Å². The lowest BCUT2D eigenvalue weighted by molar-refractivity contribution is -0.140. The minimum atomic E-state index is -1.01. The van der Waals surface area contributed by atoms with Crippen LogP contribution in [0.3, 0.4) is 0 Å². The fraction of sp³-hybridized carbons (Fsp3) is 0.667. The number of hydrogen-bond acceptors (Lipinski definition) is 8. The van der Waals surface area contributed by atoms with Crippen molar-refractivity contribution >= 4 is 28.6 Å². The van der Waals surface area contributed by atoms with E-state index in [9.17, 15) is 23.2 Å². The summed E-state index contributed by atoms with van der Waals surface area (Å²) in [7, 11) is 1.70. The van der Waals surface area contributed by atoms with Crippen LogP contribution in [-0.4, -0.2) is 129 Å². The molecular weight excluding hydrogens is 616 g/mol. The van der Waals surface area contributed by atoms with E-state index in [0.717, 1.165) is 44.2 Å². The van der Waals surface area contributed by atoms with Gasteiger partial charge in [-0.2, -0.15) is 0 Å². The number of aliphatic hydroxyl groups excluding tert-OH is 1. The van der Waals surface area contributed by atoms with Gasteiger partial charge >= 0.3 is 0 Å². The summed E-state index contributed by atoms with van der Waals surface area (Å²) in [5, 5.41) is 15.0. The number of nitrogens with zero attached hydrogens (tertiary/aromatic N) is 3. The van der Waals surface area contributed by atoms with Gasteiger partial charge in [0, 0.05) is 44.2 Å². The maximum atomic E-state index is 14.3. The molecular formula is C33H49F2N5O7. The number of amides is 3. The van der Waals surface area contributed by atoms with Crippen molar-refractivity contribution in [1.29, 1.82) is 0 Å². The summed E-state index contributed by atoms with van der Waals surface area (Å²) in [6.07, 6.45) is 4.93. The Hall–Kier alpha value is -3.17. The van der Waals surface area contributed by atoms with Crippen molar-refractivity contribution in [2.45, 2.75) is 57.7 Å². The zero-order valence-electron chi connectivity index (χ0n) is 27.5. The summed E-state index contributed by atoms with van der Waals surface area (Å²) in [6, 6.07) is 2.68. The van der Waals surface area contributed by atoms with E-state index in [-0.39, 0.29) is 75.4 Å². The molecule has 2 aromatic rings. The summed E-state index contributed by atoms with van der Waals surface area (Å²) >= 11 is 0. The number of hydrogen-bond donors (Lipinski definition) is 3. The van der Waals surface area contributed by atoms with Crippen LogP contribution >= 0.6 is 0 Å². The Balaban J connectivity index is 1.38. The molecule has 2 aliphatic rings. The summed E-state index contributed by atoms with van der Waals surface area (Å²) in [6.45, 7) is 4.90. The van der Waals surface area contributed by atoms with E-state index in [1.54, 1.807) is 34.4 Å². The van der Waals surface area contributed by atoms with E-state index in [1.165, 1.54) is 0 Å². The van der Waals surface area contributed by atoms with Crippen LogP contribution in [0.15, 0.2) is 18.2 Å². The molecule has 262 valence electrons. The van der Waals surface area contributed by atoms with Crippen molar-refractivity contribution in [3.05, 3.63) is 35.5 Å². The van der Waals surface area contributed by atoms with Crippen LogP contribution < -0.4 is 10.6 Å². The Labute approximate surface area is 274 Å². The maximum absolute atomic E-state index is 14.3. The van der Waals surface area contributed by atoms with Gasteiger partial charge in [-0.15, -0.1) is 0 Å². The van der Waals surface area contributed by atoms with Crippen molar-refractivity contribution in [1.82, 2.24) is 25.0 Å². The van der Waals surface area contributed by atoms with Gasteiger partial charge in [0.2, 0.25) is 11.8 Å². The molecule has 1 saturated carbocycles. The fourth-order valence-electron chi connectivity index (χ4n) is 6.18. The van der Waals surface area contributed by atoms with Gasteiger partial charge < -0.3 is 44.3 Å². The van der Waals surface area contributed by atoms with E-state index in [1.807, 2.05) is 0 Å². The molecule has 1 aromatic heterocycles. The third kappa shape index (κ3) is 9.92. The molecule has 2 atom stereocenters. The topological polar surface area (TPSA) is 135 Å². The van der Waals surface area contributed by atoms with E-state index in [2.05, 4.69) is 10.6 Å². The molecule has 3 amide bonds. The molecule has 14 heteroatoms. The number of fused-ring (bicyclic) bond motifs is 1. The summed E-state index contributed by atoms with van der Waals surface area (Å²) in [5.74, 6) is -2.59. The number of likely N-dealkylation sites (N-methyl/N-ethyl adjacent to an activating group) is 1. The van der Waals surface area contributed by atoms with Gasteiger partial charge in [0.25, 0.3) is 5.91 Å². The number of benzene rings is 1. The minimum absolute atomic E-state index is 0.0489. The third-order valence-corrected chi connectivity index (χ3v) is 8.99. The molecule has 4 rings (SSSR count). The van der Waals surface area contributed by atoms with Crippen LogP contribution in [0.2, 0.25) is 0 Å².